The summed E-state index contributed by atoms with van der Waals surface area (Å²) in [5, 5.41) is 4.90. The molecule has 9 nitrogen and oxygen atoms in total. The summed E-state index contributed by atoms with van der Waals surface area (Å²) in [5.41, 5.74) is 0.0654. The molecular formula is C17H20N4O5S. The number of carbonyl (C=O) groups excluding carboxylic acids is 3. The van der Waals surface area contributed by atoms with Crippen LogP contribution in [0.4, 0.5) is 4.79 Å². The van der Waals surface area contributed by atoms with E-state index in [1.807, 2.05) is 0 Å². The molecule has 3 rings (SSSR count). The molecule has 0 radical (unpaired) electrons. The number of aliphatic imine (C=N–C) groups is 1. The molecule has 2 amide bonds. The monoisotopic (exact) mass is 392 g/mol. The van der Waals surface area contributed by atoms with E-state index in [-0.39, 0.29) is 13.0 Å². The van der Waals surface area contributed by atoms with Gasteiger partial charge < -0.3 is 14.8 Å². The van der Waals surface area contributed by atoms with Gasteiger partial charge in [0.15, 0.2) is 10.8 Å². The second kappa shape index (κ2) is 7.10. The number of esters is 1. The van der Waals surface area contributed by atoms with Crippen molar-refractivity contribution in [3.8, 4) is 0 Å². The van der Waals surface area contributed by atoms with Crippen molar-refractivity contribution in [3.63, 3.8) is 0 Å². The average molecular weight is 392 g/mol. The minimum atomic E-state index is -0.863. The number of carbonyl (C=O) groups is 3. The molecule has 1 unspecified atom stereocenters. The summed E-state index contributed by atoms with van der Waals surface area (Å²) >= 11 is 1.33. The summed E-state index contributed by atoms with van der Waals surface area (Å²) < 4.78 is 10.0. The molecule has 0 aliphatic carbocycles. The number of rotatable bonds is 3. The maximum Gasteiger partial charge on any atom is 0.408 e. The number of ether oxygens (including phenoxy) is 2. The lowest BCUT2D eigenvalue weighted by molar-refractivity contribution is -0.136. The van der Waals surface area contributed by atoms with Gasteiger partial charge in [0, 0.05) is 23.7 Å². The van der Waals surface area contributed by atoms with Crippen molar-refractivity contribution in [2.75, 3.05) is 13.7 Å². The van der Waals surface area contributed by atoms with Gasteiger partial charge in [0.05, 0.1) is 19.2 Å². The van der Waals surface area contributed by atoms with Crippen molar-refractivity contribution < 1.29 is 23.9 Å². The third-order valence-corrected chi connectivity index (χ3v) is 4.65. The van der Waals surface area contributed by atoms with Gasteiger partial charge in [0.25, 0.3) is 5.91 Å². The fourth-order valence-corrected chi connectivity index (χ4v) is 3.47. The minimum absolute atomic E-state index is 0.0832. The van der Waals surface area contributed by atoms with Gasteiger partial charge in [-0.25, -0.2) is 14.6 Å². The van der Waals surface area contributed by atoms with Crippen LogP contribution in [0.15, 0.2) is 27.8 Å². The summed E-state index contributed by atoms with van der Waals surface area (Å²) in [4.78, 5) is 47.1. The van der Waals surface area contributed by atoms with E-state index >= 15 is 0 Å². The molecule has 10 heteroatoms. The second-order valence-electron chi connectivity index (χ2n) is 6.97. The van der Waals surface area contributed by atoms with Gasteiger partial charge in [-0.1, -0.05) is 0 Å². The molecule has 1 atom stereocenters. The average Bonchev–Trinajstić information content (AvgIpc) is 3.21. The van der Waals surface area contributed by atoms with E-state index in [1.54, 1.807) is 32.3 Å². The summed E-state index contributed by atoms with van der Waals surface area (Å²) in [6.45, 7) is 5.28. The van der Waals surface area contributed by atoms with E-state index in [0.717, 1.165) is 0 Å². The third-order valence-electron chi connectivity index (χ3n) is 3.88. The highest BCUT2D eigenvalue weighted by Crippen LogP contribution is 2.32. The lowest BCUT2D eigenvalue weighted by Gasteiger charge is -2.25. The Morgan fingerprint density at radius 3 is 2.70 bits per heavy atom. The zero-order valence-corrected chi connectivity index (χ0v) is 16.3. The summed E-state index contributed by atoms with van der Waals surface area (Å²) in [6, 6.07) is -0.863. The van der Waals surface area contributed by atoms with Gasteiger partial charge in [-0.05, 0) is 20.8 Å². The highest BCUT2D eigenvalue weighted by Gasteiger charge is 2.45. The maximum atomic E-state index is 13.0. The third kappa shape index (κ3) is 3.85. The van der Waals surface area contributed by atoms with Gasteiger partial charge in [-0.3, -0.25) is 14.7 Å². The molecule has 1 N–H and O–H groups in total. The fraction of sp³-hybridized carbons (Fsp3) is 0.471. The molecule has 2 aliphatic rings. The largest absolute Gasteiger partial charge is 0.466 e. The van der Waals surface area contributed by atoms with Crippen LogP contribution >= 0.6 is 11.3 Å². The number of alkyl carbamates (subject to hydrolysis) is 1. The molecule has 1 fully saturated rings. The Kier molecular flexibility index (Phi) is 5.01. The summed E-state index contributed by atoms with van der Waals surface area (Å²) in [6.07, 6.45) is 1.06. The molecular weight excluding hydrogens is 372 g/mol. The number of nitrogens with one attached hydrogen (secondary N) is 1. The van der Waals surface area contributed by atoms with Crippen molar-refractivity contribution in [3.05, 3.63) is 27.9 Å². The Labute approximate surface area is 160 Å². The van der Waals surface area contributed by atoms with E-state index in [2.05, 4.69) is 15.3 Å². The van der Waals surface area contributed by atoms with Crippen molar-refractivity contribution in [1.82, 2.24) is 15.2 Å². The van der Waals surface area contributed by atoms with Gasteiger partial charge in [0.2, 0.25) is 0 Å². The number of hydrogen-bond donors (Lipinski definition) is 1. The minimum Gasteiger partial charge on any atom is -0.466 e. The fourth-order valence-electron chi connectivity index (χ4n) is 2.83. The number of fused-ring (bicyclic) bond motifs is 1. The predicted molar refractivity (Wildman–Crippen MR) is 97.2 cm³/mol. The Balaban J connectivity index is 1.91. The van der Waals surface area contributed by atoms with Crippen LogP contribution < -0.4 is 5.32 Å². The number of methoxy groups -OCH3 is 1. The first-order valence-corrected chi connectivity index (χ1v) is 9.17. The van der Waals surface area contributed by atoms with Crippen LogP contribution in [0.2, 0.25) is 0 Å². The van der Waals surface area contributed by atoms with E-state index in [4.69, 9.17) is 9.47 Å². The summed E-state index contributed by atoms with van der Waals surface area (Å²) in [5.74, 6) is -0.584. The molecule has 27 heavy (non-hydrogen) atoms. The van der Waals surface area contributed by atoms with E-state index in [1.165, 1.54) is 23.3 Å². The molecule has 3 heterocycles. The number of hydrogen-bond acceptors (Lipinski definition) is 8. The quantitative estimate of drug-likeness (QED) is 0.780. The van der Waals surface area contributed by atoms with Crippen LogP contribution in [0.3, 0.4) is 0 Å². The predicted octanol–water partition coefficient (Wildman–Crippen LogP) is 1.46. The topological polar surface area (TPSA) is 110 Å². The maximum absolute atomic E-state index is 13.0. The molecule has 1 aromatic rings. The first-order chi connectivity index (χ1) is 12.7. The molecule has 1 aromatic heterocycles. The number of amides is 2. The molecule has 0 saturated carbocycles. The van der Waals surface area contributed by atoms with E-state index < -0.39 is 29.6 Å². The van der Waals surface area contributed by atoms with Crippen LogP contribution in [-0.2, 0) is 19.1 Å². The second-order valence-corrected chi connectivity index (χ2v) is 7.87. The number of nitrogens with zero attached hydrogens (tertiary/aromatic N) is 3. The Morgan fingerprint density at radius 1 is 1.37 bits per heavy atom. The number of amidine groups is 1. The molecule has 0 spiro atoms. The Morgan fingerprint density at radius 2 is 2.11 bits per heavy atom. The van der Waals surface area contributed by atoms with E-state index in [9.17, 15) is 14.4 Å². The number of aromatic nitrogens is 1. The number of thiazole rings is 1. The normalized spacial score (nSPS) is 19.6. The lowest BCUT2D eigenvalue weighted by Crippen LogP contribution is -2.45. The highest BCUT2D eigenvalue weighted by atomic mass is 32.1. The van der Waals surface area contributed by atoms with Crippen molar-refractivity contribution >= 4 is 35.1 Å². The van der Waals surface area contributed by atoms with Crippen LogP contribution in [0.5, 0.6) is 0 Å². The standard InChI is InChI=1S/C17H20N4O5S/c1-17(2,3)26-16(24)20-10-7-11-9(15(23)25-4)8-19-12(21(11)14(10)22)13-18-5-6-27-13/h5-6,10H,7-8H2,1-4H3,(H,20,24). The van der Waals surface area contributed by atoms with Crippen molar-refractivity contribution in [1.29, 1.82) is 0 Å². The molecule has 0 bridgehead atoms. The van der Waals surface area contributed by atoms with Crippen LogP contribution in [0.1, 0.15) is 32.2 Å². The van der Waals surface area contributed by atoms with Gasteiger partial charge in [-0.2, -0.15) is 0 Å². The molecule has 2 aliphatic heterocycles. The van der Waals surface area contributed by atoms with Crippen molar-refractivity contribution in [2.45, 2.75) is 38.8 Å². The van der Waals surface area contributed by atoms with Gasteiger partial charge in [0.1, 0.15) is 11.6 Å². The van der Waals surface area contributed by atoms with E-state index in [0.29, 0.717) is 22.1 Å². The Hall–Kier alpha value is -2.75. The summed E-state index contributed by atoms with van der Waals surface area (Å²) in [7, 11) is 1.27. The Bertz CT molecular complexity index is 838. The van der Waals surface area contributed by atoms with Crippen molar-refractivity contribution in [2.24, 2.45) is 4.99 Å². The highest BCUT2D eigenvalue weighted by molar-refractivity contribution is 7.11. The van der Waals surface area contributed by atoms with Gasteiger partial charge >= 0.3 is 12.1 Å². The first kappa shape index (κ1) is 19.0. The first-order valence-electron chi connectivity index (χ1n) is 8.29. The lowest BCUT2D eigenvalue weighted by atomic mass is 10.1. The SMILES string of the molecule is COC(=O)C1=C2CC(NC(=O)OC(C)(C)C)C(=O)N2C(c2nccs2)=NC1. The van der Waals surface area contributed by atoms with Crippen LogP contribution in [0.25, 0.3) is 0 Å². The molecule has 144 valence electrons. The molecule has 1 saturated heterocycles. The van der Waals surface area contributed by atoms with Crippen LogP contribution in [0, 0.1) is 0 Å². The zero-order valence-electron chi connectivity index (χ0n) is 15.4. The zero-order chi connectivity index (χ0) is 19.8. The smallest absolute Gasteiger partial charge is 0.408 e. The van der Waals surface area contributed by atoms with Gasteiger partial charge in [-0.15, -0.1) is 11.3 Å². The van der Waals surface area contributed by atoms with Crippen LogP contribution in [-0.4, -0.2) is 59.0 Å². The molecule has 0 aromatic carbocycles.